The average molecular weight is 226 g/mol. The second-order valence-electron chi connectivity index (χ2n) is 3.83. The van der Waals surface area contributed by atoms with Crippen LogP contribution in [0, 0.1) is 0 Å². The Morgan fingerprint density at radius 1 is 1.56 bits per heavy atom. The third-order valence-corrected chi connectivity index (χ3v) is 2.35. The number of amides is 2. The molecule has 1 fully saturated rings. The van der Waals surface area contributed by atoms with E-state index in [-0.39, 0.29) is 18.4 Å². The van der Waals surface area contributed by atoms with Crippen molar-refractivity contribution in [1.29, 1.82) is 0 Å². The van der Waals surface area contributed by atoms with E-state index in [4.69, 9.17) is 5.11 Å². The van der Waals surface area contributed by atoms with E-state index >= 15 is 0 Å². The topological polar surface area (TPSA) is 86.7 Å². The molecule has 2 unspecified atom stereocenters. The first-order valence-corrected chi connectivity index (χ1v) is 4.80. The molecule has 6 nitrogen and oxygen atoms in total. The second kappa shape index (κ2) is 4.34. The number of likely N-dealkylation sites (tertiary alicyclic amines) is 1. The highest BCUT2D eigenvalue weighted by Crippen LogP contribution is 2.19. The number of carbonyl (C=O) groups is 3. The number of hydrogen-bond donors (Lipinski definition) is 2. The Labute approximate surface area is 92.9 Å². The maximum absolute atomic E-state index is 11.6. The maximum Gasteiger partial charge on any atom is 0.330 e. The van der Waals surface area contributed by atoms with Gasteiger partial charge in [-0.1, -0.05) is 6.58 Å². The van der Waals surface area contributed by atoms with E-state index in [1.165, 1.54) is 11.8 Å². The second-order valence-corrected chi connectivity index (χ2v) is 3.83. The Kier molecular flexibility index (Phi) is 3.31. The highest BCUT2D eigenvalue weighted by atomic mass is 16.4. The molecule has 1 rings (SSSR count). The van der Waals surface area contributed by atoms with E-state index < -0.39 is 18.1 Å². The summed E-state index contributed by atoms with van der Waals surface area (Å²) in [5.74, 6) is -1.80. The molecule has 0 aliphatic carbocycles. The van der Waals surface area contributed by atoms with Crippen LogP contribution in [-0.2, 0) is 14.4 Å². The molecule has 1 aliphatic rings. The number of nitrogens with one attached hydrogen (secondary N) is 1. The molecule has 1 heterocycles. The van der Waals surface area contributed by atoms with Gasteiger partial charge in [0.05, 0.1) is 6.54 Å². The minimum Gasteiger partial charge on any atom is -0.479 e. The Morgan fingerprint density at radius 3 is 2.44 bits per heavy atom. The summed E-state index contributed by atoms with van der Waals surface area (Å²) in [6.45, 7) is 6.61. The van der Waals surface area contributed by atoms with Crippen molar-refractivity contribution in [3.05, 3.63) is 12.2 Å². The van der Waals surface area contributed by atoms with Crippen LogP contribution in [0.5, 0.6) is 0 Å². The van der Waals surface area contributed by atoms with E-state index in [1.807, 2.05) is 0 Å². The van der Waals surface area contributed by atoms with Gasteiger partial charge in [-0.2, -0.15) is 0 Å². The highest BCUT2D eigenvalue weighted by Gasteiger charge is 2.44. The Hall–Kier alpha value is -1.85. The summed E-state index contributed by atoms with van der Waals surface area (Å²) in [4.78, 5) is 34.4. The molecule has 1 saturated heterocycles. The SMILES string of the molecule is C=C(C)C(C(=O)O)N1CC(NC(C)=O)C1=O. The summed E-state index contributed by atoms with van der Waals surface area (Å²) in [5.41, 5.74) is 0.391. The van der Waals surface area contributed by atoms with Crippen molar-refractivity contribution in [3.8, 4) is 0 Å². The number of carboxylic acid groups (broad SMARTS) is 1. The van der Waals surface area contributed by atoms with Gasteiger partial charge in [-0.05, 0) is 12.5 Å². The maximum atomic E-state index is 11.6. The van der Waals surface area contributed by atoms with Crippen LogP contribution in [-0.4, -0.2) is 46.4 Å². The average Bonchev–Trinajstić information content (AvgIpc) is 2.13. The minimum atomic E-state index is -1.11. The van der Waals surface area contributed by atoms with Crippen molar-refractivity contribution >= 4 is 17.8 Å². The van der Waals surface area contributed by atoms with Crippen LogP contribution >= 0.6 is 0 Å². The van der Waals surface area contributed by atoms with Gasteiger partial charge in [-0.3, -0.25) is 9.59 Å². The quantitative estimate of drug-likeness (QED) is 0.493. The molecular formula is C10H14N2O4. The number of nitrogens with zero attached hydrogens (tertiary/aromatic N) is 1. The van der Waals surface area contributed by atoms with Crippen LogP contribution in [0.25, 0.3) is 0 Å². The first-order valence-electron chi connectivity index (χ1n) is 4.80. The molecule has 0 aromatic heterocycles. The van der Waals surface area contributed by atoms with Gasteiger partial charge in [0.15, 0.2) is 6.04 Å². The van der Waals surface area contributed by atoms with Crippen LogP contribution in [0.3, 0.4) is 0 Å². The number of rotatable bonds is 4. The third-order valence-electron chi connectivity index (χ3n) is 2.35. The fraction of sp³-hybridized carbons (Fsp3) is 0.500. The van der Waals surface area contributed by atoms with Gasteiger partial charge in [0.2, 0.25) is 11.8 Å². The molecule has 2 atom stereocenters. The number of β-lactam (4-membered cyclic amide) rings is 1. The highest BCUT2D eigenvalue weighted by molar-refractivity contribution is 5.95. The van der Waals surface area contributed by atoms with E-state index in [9.17, 15) is 14.4 Å². The molecule has 88 valence electrons. The molecule has 0 spiro atoms. The first-order chi connectivity index (χ1) is 7.34. The third kappa shape index (κ3) is 2.21. The number of hydrogen-bond acceptors (Lipinski definition) is 3. The lowest BCUT2D eigenvalue weighted by molar-refractivity contribution is -0.157. The summed E-state index contributed by atoms with van der Waals surface area (Å²) in [6, 6.07) is -1.60. The van der Waals surface area contributed by atoms with E-state index in [0.717, 1.165) is 0 Å². The summed E-state index contributed by atoms with van der Waals surface area (Å²) in [5, 5.41) is 11.4. The van der Waals surface area contributed by atoms with Crippen LogP contribution in [0.2, 0.25) is 0 Å². The van der Waals surface area contributed by atoms with Gasteiger partial charge < -0.3 is 15.3 Å². The van der Waals surface area contributed by atoms with Crippen LogP contribution in [0.4, 0.5) is 0 Å². The Morgan fingerprint density at radius 2 is 2.12 bits per heavy atom. The monoisotopic (exact) mass is 226 g/mol. The summed E-state index contributed by atoms with van der Waals surface area (Å²) >= 11 is 0. The van der Waals surface area contributed by atoms with E-state index in [0.29, 0.717) is 5.57 Å². The smallest absolute Gasteiger partial charge is 0.330 e. The lowest BCUT2D eigenvalue weighted by Gasteiger charge is -2.42. The molecule has 0 radical (unpaired) electrons. The van der Waals surface area contributed by atoms with Crippen molar-refractivity contribution < 1.29 is 19.5 Å². The summed E-state index contributed by atoms with van der Waals surface area (Å²) in [6.07, 6.45) is 0. The number of aliphatic carboxylic acids is 1. The zero-order valence-electron chi connectivity index (χ0n) is 9.19. The number of carbonyl (C=O) groups excluding carboxylic acids is 2. The molecule has 0 saturated carbocycles. The fourth-order valence-electron chi connectivity index (χ4n) is 1.65. The Bertz CT molecular complexity index is 350. The molecule has 0 aromatic carbocycles. The van der Waals surface area contributed by atoms with Gasteiger partial charge >= 0.3 is 5.97 Å². The zero-order valence-corrected chi connectivity index (χ0v) is 9.19. The largest absolute Gasteiger partial charge is 0.479 e. The molecule has 16 heavy (non-hydrogen) atoms. The zero-order chi connectivity index (χ0) is 12.5. The Balaban J connectivity index is 2.66. The van der Waals surface area contributed by atoms with Gasteiger partial charge in [0.25, 0.3) is 0 Å². The lowest BCUT2D eigenvalue weighted by Crippen LogP contribution is -2.67. The van der Waals surface area contributed by atoms with Crippen molar-refractivity contribution in [2.24, 2.45) is 0 Å². The van der Waals surface area contributed by atoms with Gasteiger partial charge in [-0.15, -0.1) is 0 Å². The normalized spacial score (nSPS) is 21.0. The van der Waals surface area contributed by atoms with Gasteiger partial charge in [-0.25, -0.2) is 4.79 Å². The molecule has 6 heteroatoms. The molecule has 2 amide bonds. The standard InChI is InChI=1S/C10H14N2O4/c1-5(2)8(10(15)16)12-4-7(9(12)14)11-6(3)13/h7-8H,1,4H2,2-3H3,(H,11,13)(H,15,16). The molecule has 2 N–H and O–H groups in total. The summed E-state index contributed by atoms with van der Waals surface area (Å²) < 4.78 is 0. The van der Waals surface area contributed by atoms with Crippen LogP contribution < -0.4 is 5.32 Å². The molecule has 1 aliphatic heterocycles. The first kappa shape index (κ1) is 12.2. The minimum absolute atomic E-state index is 0.211. The predicted molar refractivity (Wildman–Crippen MR) is 55.6 cm³/mol. The fourth-order valence-corrected chi connectivity index (χ4v) is 1.65. The van der Waals surface area contributed by atoms with Gasteiger partial charge in [0, 0.05) is 6.92 Å². The van der Waals surface area contributed by atoms with Crippen molar-refractivity contribution in [2.75, 3.05) is 6.54 Å². The van der Waals surface area contributed by atoms with Crippen molar-refractivity contribution in [1.82, 2.24) is 10.2 Å². The van der Waals surface area contributed by atoms with Crippen LogP contribution in [0.15, 0.2) is 12.2 Å². The predicted octanol–water partition coefficient (Wildman–Crippen LogP) is -0.637. The van der Waals surface area contributed by atoms with Gasteiger partial charge in [0.1, 0.15) is 6.04 Å². The number of carboxylic acids is 1. The summed E-state index contributed by atoms with van der Waals surface area (Å²) in [7, 11) is 0. The van der Waals surface area contributed by atoms with Crippen molar-refractivity contribution in [2.45, 2.75) is 25.9 Å². The molecule has 0 aromatic rings. The van der Waals surface area contributed by atoms with E-state index in [1.54, 1.807) is 6.92 Å². The van der Waals surface area contributed by atoms with Crippen molar-refractivity contribution in [3.63, 3.8) is 0 Å². The van der Waals surface area contributed by atoms with E-state index in [2.05, 4.69) is 11.9 Å². The lowest BCUT2D eigenvalue weighted by atomic mass is 10.00. The molecule has 0 bridgehead atoms. The van der Waals surface area contributed by atoms with Crippen LogP contribution in [0.1, 0.15) is 13.8 Å². The molecular weight excluding hydrogens is 212 g/mol.